The molecule has 0 aliphatic carbocycles. The van der Waals surface area contributed by atoms with Crippen LogP contribution in [0.15, 0.2) is 67.0 Å². The van der Waals surface area contributed by atoms with E-state index in [9.17, 15) is 19.2 Å². The van der Waals surface area contributed by atoms with E-state index in [2.05, 4.69) is 13.8 Å². The molecule has 2 aromatic heterocycles. The van der Waals surface area contributed by atoms with E-state index in [4.69, 9.17) is 18.3 Å². The van der Waals surface area contributed by atoms with Gasteiger partial charge in [-0.1, -0.05) is 194 Å². The van der Waals surface area contributed by atoms with Crippen molar-refractivity contribution in [1.29, 1.82) is 0 Å². The monoisotopic (exact) mass is 885 g/mol. The maximum atomic E-state index is 12.1. The molecule has 4 aromatic rings. The Hall–Kier alpha value is -4.20. The van der Waals surface area contributed by atoms with Crippen molar-refractivity contribution < 1.29 is 27.9 Å². The number of ether oxygens (including phenoxy) is 2. The predicted octanol–water partition coefficient (Wildman–Crippen LogP) is 16.5. The molecule has 0 fully saturated rings. The van der Waals surface area contributed by atoms with Gasteiger partial charge < -0.3 is 18.3 Å². The van der Waals surface area contributed by atoms with Crippen molar-refractivity contribution in [2.75, 3.05) is 0 Å². The first-order valence-electron chi connectivity index (χ1n) is 25.7. The lowest BCUT2D eigenvalue weighted by Crippen LogP contribution is -2.07. The SMILES string of the molecule is CCCCCCCCCCCCCCCCCC(=O)Oc1ccc2c(C)cc(=O)oc2c1.CCCCCCCCCCCCCCCCCC(=O)Oc1ccc2c(C)cc(=O)oc2c1. The second-order valence-electron chi connectivity index (χ2n) is 18.2. The van der Waals surface area contributed by atoms with Gasteiger partial charge in [0.15, 0.2) is 0 Å². The standard InChI is InChI=1S/2C28H42O4/c2*1-3-4-5-6-7-8-9-10-11-12-13-14-15-16-17-18-27(29)31-24-19-20-25-23(2)21-28(30)32-26(25)22-24/h2*19-22H,3-18H2,1-2H3. The quantitative estimate of drug-likeness (QED) is 0.0197. The van der Waals surface area contributed by atoms with Gasteiger partial charge in [-0.15, -0.1) is 0 Å². The lowest BCUT2D eigenvalue weighted by atomic mass is 10.0. The molecule has 0 saturated heterocycles. The zero-order valence-corrected chi connectivity index (χ0v) is 40.5. The van der Waals surface area contributed by atoms with Crippen molar-refractivity contribution in [2.24, 2.45) is 0 Å². The molecule has 356 valence electrons. The fourth-order valence-corrected chi connectivity index (χ4v) is 8.38. The molecular weight excluding hydrogens is 801 g/mol. The summed E-state index contributed by atoms with van der Waals surface area (Å²) in [4.78, 5) is 47.3. The molecule has 0 bridgehead atoms. The predicted molar refractivity (Wildman–Crippen MR) is 265 cm³/mol. The fraction of sp³-hybridized carbons (Fsp3) is 0.643. The topological polar surface area (TPSA) is 113 Å². The number of carbonyl (C=O) groups excluding carboxylic acids is 2. The summed E-state index contributed by atoms with van der Waals surface area (Å²) in [5.74, 6) is 0.400. The van der Waals surface area contributed by atoms with E-state index in [0.29, 0.717) is 35.5 Å². The summed E-state index contributed by atoms with van der Waals surface area (Å²) in [6.07, 6.45) is 40.0. The largest absolute Gasteiger partial charge is 0.426 e. The highest BCUT2D eigenvalue weighted by molar-refractivity contribution is 5.83. The first-order chi connectivity index (χ1) is 31.2. The minimum absolute atomic E-state index is 0.228. The van der Waals surface area contributed by atoms with Crippen molar-refractivity contribution >= 4 is 33.9 Å². The Morgan fingerprint density at radius 3 is 0.938 bits per heavy atom. The van der Waals surface area contributed by atoms with Crippen LogP contribution < -0.4 is 20.7 Å². The van der Waals surface area contributed by atoms with Gasteiger partial charge in [0.25, 0.3) is 0 Å². The van der Waals surface area contributed by atoms with Crippen LogP contribution >= 0.6 is 0 Å². The van der Waals surface area contributed by atoms with E-state index in [1.54, 1.807) is 24.3 Å². The number of aryl methyl sites for hydroxylation is 2. The van der Waals surface area contributed by atoms with Gasteiger partial charge in [0, 0.05) is 47.9 Å². The lowest BCUT2D eigenvalue weighted by Gasteiger charge is -2.06. The summed E-state index contributed by atoms with van der Waals surface area (Å²) in [5.41, 5.74) is 1.82. The summed E-state index contributed by atoms with van der Waals surface area (Å²) in [5, 5.41) is 1.71. The normalized spacial score (nSPS) is 11.2. The van der Waals surface area contributed by atoms with Gasteiger partial charge in [-0.25, -0.2) is 9.59 Å². The Morgan fingerprint density at radius 1 is 0.391 bits per heavy atom. The maximum absolute atomic E-state index is 12.1. The van der Waals surface area contributed by atoms with Crippen LogP contribution in [0, 0.1) is 13.8 Å². The summed E-state index contributed by atoms with van der Waals surface area (Å²) < 4.78 is 21.3. The number of rotatable bonds is 34. The molecule has 64 heavy (non-hydrogen) atoms. The van der Waals surface area contributed by atoms with Gasteiger partial charge in [-0.2, -0.15) is 0 Å². The molecule has 0 aliphatic heterocycles. The minimum Gasteiger partial charge on any atom is -0.426 e. The van der Waals surface area contributed by atoms with E-state index in [1.807, 2.05) is 26.0 Å². The first-order valence-corrected chi connectivity index (χ1v) is 25.7. The summed E-state index contributed by atoms with van der Waals surface area (Å²) >= 11 is 0. The Balaban J connectivity index is 0.000000340. The molecule has 0 N–H and O–H groups in total. The van der Waals surface area contributed by atoms with Crippen molar-refractivity contribution in [3.63, 3.8) is 0 Å². The number of unbranched alkanes of at least 4 members (excludes halogenated alkanes) is 28. The van der Waals surface area contributed by atoms with Gasteiger partial charge in [0.2, 0.25) is 0 Å². The van der Waals surface area contributed by atoms with Gasteiger partial charge in [0.1, 0.15) is 22.7 Å². The van der Waals surface area contributed by atoms with E-state index in [-0.39, 0.29) is 11.9 Å². The van der Waals surface area contributed by atoms with E-state index < -0.39 is 11.3 Å². The van der Waals surface area contributed by atoms with Crippen LogP contribution in [0.2, 0.25) is 0 Å². The van der Waals surface area contributed by atoms with Crippen LogP contribution in [0.4, 0.5) is 0 Å². The third-order valence-corrected chi connectivity index (χ3v) is 12.3. The van der Waals surface area contributed by atoms with Crippen LogP contribution in [0.5, 0.6) is 11.5 Å². The van der Waals surface area contributed by atoms with Crippen molar-refractivity contribution in [3.05, 3.63) is 80.5 Å². The second kappa shape index (κ2) is 34.2. The van der Waals surface area contributed by atoms with Crippen molar-refractivity contribution in [3.8, 4) is 11.5 Å². The molecule has 0 radical (unpaired) electrons. The van der Waals surface area contributed by atoms with E-state index in [0.717, 1.165) is 47.6 Å². The zero-order valence-electron chi connectivity index (χ0n) is 40.5. The molecule has 0 unspecified atom stereocenters. The number of benzene rings is 2. The third kappa shape index (κ3) is 24.2. The highest BCUT2D eigenvalue weighted by atomic mass is 16.5. The zero-order chi connectivity index (χ0) is 46.0. The first kappa shape index (κ1) is 54.1. The van der Waals surface area contributed by atoms with Gasteiger partial charge in [-0.3, -0.25) is 9.59 Å². The number of esters is 2. The average Bonchev–Trinajstić information content (AvgIpc) is 3.26. The van der Waals surface area contributed by atoms with Gasteiger partial charge in [0.05, 0.1) is 0 Å². The Labute approximate surface area is 385 Å². The second-order valence-corrected chi connectivity index (χ2v) is 18.2. The smallest absolute Gasteiger partial charge is 0.336 e. The molecule has 8 nitrogen and oxygen atoms in total. The van der Waals surface area contributed by atoms with Crippen LogP contribution in [0.1, 0.15) is 230 Å². The molecule has 2 aromatic carbocycles. The number of carbonyl (C=O) groups is 2. The van der Waals surface area contributed by atoms with Crippen LogP contribution in [0.25, 0.3) is 21.9 Å². The number of hydrogen-bond acceptors (Lipinski definition) is 8. The van der Waals surface area contributed by atoms with E-state index in [1.165, 1.54) is 179 Å². The van der Waals surface area contributed by atoms with Gasteiger partial charge >= 0.3 is 23.2 Å². The maximum Gasteiger partial charge on any atom is 0.336 e. The molecule has 0 atom stereocenters. The molecule has 0 saturated carbocycles. The Kier molecular flexibility index (Phi) is 28.9. The highest BCUT2D eigenvalue weighted by Crippen LogP contribution is 2.25. The Morgan fingerprint density at radius 2 is 0.656 bits per heavy atom. The highest BCUT2D eigenvalue weighted by Gasteiger charge is 2.10. The molecule has 2 heterocycles. The third-order valence-electron chi connectivity index (χ3n) is 12.3. The van der Waals surface area contributed by atoms with Crippen LogP contribution in [0.3, 0.4) is 0 Å². The van der Waals surface area contributed by atoms with Gasteiger partial charge in [-0.05, 0) is 62.1 Å². The minimum atomic E-state index is -0.392. The van der Waals surface area contributed by atoms with E-state index >= 15 is 0 Å². The van der Waals surface area contributed by atoms with Crippen LogP contribution in [-0.4, -0.2) is 11.9 Å². The lowest BCUT2D eigenvalue weighted by molar-refractivity contribution is -0.135. The van der Waals surface area contributed by atoms with Crippen LogP contribution in [-0.2, 0) is 9.59 Å². The van der Waals surface area contributed by atoms with Crippen molar-refractivity contribution in [2.45, 2.75) is 233 Å². The Bertz CT molecular complexity index is 1850. The molecular formula is C56H84O8. The fourth-order valence-electron chi connectivity index (χ4n) is 8.38. The molecule has 0 spiro atoms. The number of fused-ring (bicyclic) bond motifs is 2. The molecule has 8 heteroatoms. The summed E-state index contributed by atoms with van der Waals surface area (Å²) in [7, 11) is 0. The summed E-state index contributed by atoms with van der Waals surface area (Å²) in [6, 6.07) is 13.3. The number of hydrogen-bond donors (Lipinski definition) is 0. The summed E-state index contributed by atoms with van der Waals surface area (Å²) in [6.45, 7) is 8.26. The molecule has 0 amide bonds. The molecule has 4 rings (SSSR count). The molecule has 0 aliphatic rings. The van der Waals surface area contributed by atoms with Crippen molar-refractivity contribution in [1.82, 2.24) is 0 Å². The average molecular weight is 885 g/mol.